The van der Waals surface area contributed by atoms with Crippen LogP contribution in [0, 0.1) is 0 Å². The quantitative estimate of drug-likeness (QED) is 0.564. The van der Waals surface area contributed by atoms with Crippen LogP contribution < -0.4 is 4.74 Å². The van der Waals surface area contributed by atoms with Crippen LogP contribution in [0.3, 0.4) is 0 Å². The highest BCUT2D eigenvalue weighted by molar-refractivity contribution is 5.94. The summed E-state index contributed by atoms with van der Waals surface area (Å²) in [6.45, 7) is 11.6. The zero-order chi connectivity index (χ0) is 22.1. The van der Waals surface area contributed by atoms with Crippen LogP contribution in [-0.4, -0.2) is 33.0 Å². The van der Waals surface area contributed by atoms with E-state index < -0.39 is 0 Å². The van der Waals surface area contributed by atoms with Crippen molar-refractivity contribution in [2.45, 2.75) is 52.4 Å². The lowest BCUT2D eigenvalue weighted by atomic mass is 9.84. The molecule has 0 spiro atoms. The first-order valence-corrected chi connectivity index (χ1v) is 10.1. The Morgan fingerprint density at radius 2 is 1.87 bits per heavy atom. The molecule has 0 atom stereocenters. The number of fused-ring (bicyclic) bond motifs is 1. The van der Waals surface area contributed by atoms with Crippen molar-refractivity contribution in [1.82, 2.24) is 15.0 Å². The number of phenols is 1. The Hall–Kier alpha value is -3.15. The predicted molar refractivity (Wildman–Crippen MR) is 119 cm³/mol. The molecule has 3 rings (SSSR count). The Balaban J connectivity index is 2.02. The number of benzene rings is 2. The molecule has 0 bridgehead atoms. The first-order valence-electron chi connectivity index (χ1n) is 10.1. The SMILES string of the molecule is C=C(C)C(=O)CCCc1cc(-n2nc3ccc(OC)cc3n2)c(O)c(C(C)(C)C)c1. The zero-order valence-electron chi connectivity index (χ0n) is 18.3. The van der Waals surface area contributed by atoms with Crippen molar-refractivity contribution in [2.75, 3.05) is 7.11 Å². The van der Waals surface area contributed by atoms with Crippen molar-refractivity contribution < 1.29 is 14.6 Å². The maximum absolute atomic E-state index is 11.9. The van der Waals surface area contributed by atoms with Gasteiger partial charge in [-0.05, 0) is 54.5 Å². The predicted octanol–water partition coefficient (Wildman–Crippen LogP) is 4.90. The summed E-state index contributed by atoms with van der Waals surface area (Å²) in [5.41, 5.74) is 4.09. The molecule has 0 saturated heterocycles. The maximum atomic E-state index is 11.9. The minimum Gasteiger partial charge on any atom is -0.505 e. The minimum atomic E-state index is -0.266. The van der Waals surface area contributed by atoms with Gasteiger partial charge in [-0.2, -0.15) is 0 Å². The molecule has 1 aromatic heterocycles. The lowest BCUT2D eigenvalue weighted by Gasteiger charge is -2.23. The molecule has 6 nitrogen and oxygen atoms in total. The average Bonchev–Trinajstić information content (AvgIpc) is 3.10. The number of aryl methyl sites for hydroxylation is 1. The summed E-state index contributed by atoms with van der Waals surface area (Å²) >= 11 is 0. The third-order valence-corrected chi connectivity index (χ3v) is 5.11. The molecule has 0 aliphatic rings. The van der Waals surface area contributed by atoms with Crippen LogP contribution in [-0.2, 0) is 16.6 Å². The summed E-state index contributed by atoms with van der Waals surface area (Å²) in [4.78, 5) is 13.3. The van der Waals surface area contributed by atoms with Crippen LogP contribution >= 0.6 is 0 Å². The van der Waals surface area contributed by atoms with E-state index in [0.717, 1.165) is 11.1 Å². The molecule has 0 unspecified atom stereocenters. The van der Waals surface area contributed by atoms with Crippen LogP contribution in [0.5, 0.6) is 11.5 Å². The number of phenolic OH excluding ortho intramolecular Hbond substituents is 1. The number of hydrogen-bond donors (Lipinski definition) is 1. The van der Waals surface area contributed by atoms with Gasteiger partial charge in [0.2, 0.25) is 0 Å². The van der Waals surface area contributed by atoms with E-state index in [1.807, 2.05) is 30.3 Å². The number of carbonyl (C=O) groups excluding carboxylic acids is 1. The molecule has 30 heavy (non-hydrogen) atoms. The van der Waals surface area contributed by atoms with Crippen molar-refractivity contribution in [2.24, 2.45) is 0 Å². The van der Waals surface area contributed by atoms with E-state index in [0.29, 0.717) is 47.3 Å². The van der Waals surface area contributed by atoms with E-state index >= 15 is 0 Å². The Bertz CT molecular complexity index is 1110. The largest absolute Gasteiger partial charge is 0.505 e. The third kappa shape index (κ3) is 4.53. The molecule has 0 saturated carbocycles. The summed E-state index contributed by atoms with van der Waals surface area (Å²) in [5.74, 6) is 0.945. The van der Waals surface area contributed by atoms with Gasteiger partial charge in [0.15, 0.2) is 5.78 Å². The van der Waals surface area contributed by atoms with E-state index in [2.05, 4.69) is 37.5 Å². The minimum absolute atomic E-state index is 0.0824. The highest BCUT2D eigenvalue weighted by Crippen LogP contribution is 2.36. The number of methoxy groups -OCH3 is 1. The van der Waals surface area contributed by atoms with Gasteiger partial charge < -0.3 is 9.84 Å². The van der Waals surface area contributed by atoms with Crippen LogP contribution in [0.2, 0.25) is 0 Å². The van der Waals surface area contributed by atoms with Crippen LogP contribution in [0.25, 0.3) is 16.7 Å². The van der Waals surface area contributed by atoms with E-state index in [1.165, 1.54) is 4.80 Å². The van der Waals surface area contributed by atoms with Gasteiger partial charge in [0.25, 0.3) is 0 Å². The van der Waals surface area contributed by atoms with Crippen molar-refractivity contribution >= 4 is 16.8 Å². The van der Waals surface area contributed by atoms with E-state index in [-0.39, 0.29) is 16.9 Å². The number of carbonyl (C=O) groups is 1. The van der Waals surface area contributed by atoms with E-state index in [1.54, 1.807) is 14.0 Å². The average molecular weight is 408 g/mol. The molecule has 0 aliphatic heterocycles. The van der Waals surface area contributed by atoms with Gasteiger partial charge in [0.1, 0.15) is 28.2 Å². The van der Waals surface area contributed by atoms with Crippen LogP contribution in [0.4, 0.5) is 0 Å². The standard InChI is InChI=1S/C24H29N3O3/c1-15(2)22(28)9-7-8-16-12-18(24(3,4)5)23(29)21(13-16)27-25-19-11-10-17(30-6)14-20(19)26-27/h10-14,29H,1,7-9H2,2-6H3. The second-order valence-corrected chi connectivity index (χ2v) is 8.66. The molecule has 2 aromatic carbocycles. The first-order chi connectivity index (χ1) is 14.1. The van der Waals surface area contributed by atoms with Gasteiger partial charge in [0.05, 0.1) is 7.11 Å². The normalized spacial score (nSPS) is 11.6. The van der Waals surface area contributed by atoms with Gasteiger partial charge in [0, 0.05) is 18.1 Å². The van der Waals surface area contributed by atoms with Crippen molar-refractivity contribution in [3.8, 4) is 17.2 Å². The molecule has 0 aliphatic carbocycles. The Kier molecular flexibility index (Phi) is 5.97. The molecule has 0 radical (unpaired) electrons. The fourth-order valence-corrected chi connectivity index (χ4v) is 3.34. The number of Topliss-reactive ketones (excluding diaryl/α,β-unsaturated/α-hetero) is 1. The van der Waals surface area contributed by atoms with Crippen LogP contribution in [0.1, 0.15) is 51.7 Å². The number of allylic oxidation sites excluding steroid dienone is 1. The summed E-state index contributed by atoms with van der Waals surface area (Å²) in [7, 11) is 1.61. The molecule has 158 valence electrons. The monoisotopic (exact) mass is 407 g/mol. The topological polar surface area (TPSA) is 77.2 Å². The molecule has 0 amide bonds. The third-order valence-electron chi connectivity index (χ3n) is 5.11. The van der Waals surface area contributed by atoms with Gasteiger partial charge >= 0.3 is 0 Å². The number of aromatic nitrogens is 3. The molecular weight excluding hydrogens is 378 g/mol. The van der Waals surface area contributed by atoms with E-state index in [9.17, 15) is 9.90 Å². The number of rotatable bonds is 7. The molecule has 1 N–H and O–H groups in total. The van der Waals surface area contributed by atoms with Gasteiger partial charge in [-0.1, -0.05) is 33.4 Å². The fourth-order valence-electron chi connectivity index (χ4n) is 3.34. The summed E-state index contributed by atoms with van der Waals surface area (Å²) in [6.07, 6.45) is 1.88. The molecule has 3 aromatic rings. The summed E-state index contributed by atoms with van der Waals surface area (Å²) in [5, 5.41) is 20.1. The van der Waals surface area contributed by atoms with E-state index in [4.69, 9.17) is 4.74 Å². The van der Waals surface area contributed by atoms with Crippen molar-refractivity contribution in [1.29, 1.82) is 0 Å². The van der Waals surface area contributed by atoms with Gasteiger partial charge in [-0.3, -0.25) is 4.79 Å². The number of ether oxygens (including phenoxy) is 1. The Morgan fingerprint density at radius 3 is 2.50 bits per heavy atom. The molecule has 0 fully saturated rings. The second-order valence-electron chi connectivity index (χ2n) is 8.66. The van der Waals surface area contributed by atoms with Crippen molar-refractivity contribution in [3.63, 3.8) is 0 Å². The van der Waals surface area contributed by atoms with Gasteiger partial charge in [-0.25, -0.2) is 0 Å². The number of aromatic hydroxyl groups is 1. The second kappa shape index (κ2) is 8.30. The van der Waals surface area contributed by atoms with Crippen LogP contribution in [0.15, 0.2) is 42.5 Å². The lowest BCUT2D eigenvalue weighted by molar-refractivity contribution is -0.115. The van der Waals surface area contributed by atoms with Gasteiger partial charge in [-0.15, -0.1) is 15.0 Å². The highest BCUT2D eigenvalue weighted by Gasteiger charge is 2.23. The zero-order valence-corrected chi connectivity index (χ0v) is 18.3. The summed E-state index contributed by atoms with van der Waals surface area (Å²) < 4.78 is 5.26. The fraction of sp³-hybridized carbons (Fsp3) is 0.375. The van der Waals surface area contributed by atoms with Crippen molar-refractivity contribution in [3.05, 3.63) is 53.6 Å². The number of ketones is 1. The number of hydrogen-bond acceptors (Lipinski definition) is 5. The molecule has 1 heterocycles. The smallest absolute Gasteiger partial charge is 0.157 e. The molecule has 6 heteroatoms. The lowest BCUT2D eigenvalue weighted by Crippen LogP contribution is -2.14. The summed E-state index contributed by atoms with van der Waals surface area (Å²) in [6, 6.07) is 9.39. The number of nitrogens with zero attached hydrogens (tertiary/aromatic N) is 3. The maximum Gasteiger partial charge on any atom is 0.157 e. The molecular formula is C24H29N3O3. The highest BCUT2D eigenvalue weighted by atomic mass is 16.5. The Labute approximate surface area is 177 Å². The first kappa shape index (κ1) is 21.6. The Morgan fingerprint density at radius 1 is 1.17 bits per heavy atom.